The molecule has 2 aromatic rings. The van der Waals surface area contributed by atoms with E-state index in [2.05, 4.69) is 25.5 Å². The van der Waals surface area contributed by atoms with Crippen molar-refractivity contribution >= 4 is 11.7 Å². The first-order chi connectivity index (χ1) is 8.16. The summed E-state index contributed by atoms with van der Waals surface area (Å²) in [6.45, 7) is 2.28. The van der Waals surface area contributed by atoms with Crippen molar-refractivity contribution in [3.63, 3.8) is 0 Å². The molecule has 0 atom stereocenters. The Morgan fingerprint density at radius 2 is 2.24 bits per heavy atom. The van der Waals surface area contributed by atoms with Crippen LogP contribution in [0.1, 0.15) is 21.7 Å². The molecule has 2 rings (SSSR count). The molecule has 0 aliphatic rings. The van der Waals surface area contributed by atoms with Crippen molar-refractivity contribution in [3.8, 4) is 0 Å². The van der Waals surface area contributed by atoms with Crippen LogP contribution in [0.5, 0.6) is 0 Å². The van der Waals surface area contributed by atoms with Crippen molar-refractivity contribution in [2.24, 2.45) is 0 Å². The molecule has 0 bridgehead atoms. The van der Waals surface area contributed by atoms with E-state index < -0.39 is 0 Å². The lowest BCUT2D eigenvalue weighted by molar-refractivity contribution is 0.0945. The van der Waals surface area contributed by atoms with Crippen molar-refractivity contribution in [2.45, 2.75) is 13.5 Å². The minimum absolute atomic E-state index is 0.236. The zero-order chi connectivity index (χ0) is 12.3. The molecule has 88 valence electrons. The number of nitrogens with two attached hydrogens (primary N) is 1. The summed E-state index contributed by atoms with van der Waals surface area (Å²) in [4.78, 5) is 19.4. The fraction of sp³-hybridized carbons (Fsp3) is 0.200. The molecule has 0 aliphatic carbocycles. The van der Waals surface area contributed by atoms with Crippen LogP contribution in [0.2, 0.25) is 0 Å². The number of rotatable bonds is 3. The maximum Gasteiger partial charge on any atom is 0.271 e. The van der Waals surface area contributed by atoms with Gasteiger partial charge in [-0.25, -0.2) is 9.97 Å². The van der Waals surface area contributed by atoms with Gasteiger partial charge in [0.2, 0.25) is 0 Å². The fourth-order valence-corrected chi connectivity index (χ4v) is 1.28. The fourth-order valence-electron chi connectivity index (χ4n) is 1.28. The number of anilines is 1. The van der Waals surface area contributed by atoms with Gasteiger partial charge >= 0.3 is 0 Å². The predicted octanol–water partition coefficient (Wildman–Crippen LogP) is 0.0203. The van der Waals surface area contributed by atoms with E-state index in [0.717, 1.165) is 11.3 Å². The molecule has 1 amide bonds. The summed E-state index contributed by atoms with van der Waals surface area (Å²) in [5, 5.41) is 9.38. The van der Waals surface area contributed by atoms with Gasteiger partial charge in [0.1, 0.15) is 11.5 Å². The normalized spacial score (nSPS) is 10.2. The van der Waals surface area contributed by atoms with Gasteiger partial charge in [-0.2, -0.15) is 5.10 Å². The van der Waals surface area contributed by atoms with E-state index in [1.165, 1.54) is 12.4 Å². The Balaban J connectivity index is 1.98. The summed E-state index contributed by atoms with van der Waals surface area (Å²) in [6, 6.07) is 0. The van der Waals surface area contributed by atoms with Gasteiger partial charge < -0.3 is 11.1 Å². The van der Waals surface area contributed by atoms with Gasteiger partial charge in [-0.05, 0) is 6.92 Å². The average Bonchev–Trinajstić information content (AvgIpc) is 2.73. The highest BCUT2D eigenvalue weighted by atomic mass is 16.1. The van der Waals surface area contributed by atoms with E-state index in [0.29, 0.717) is 6.54 Å². The molecule has 0 aliphatic heterocycles. The summed E-state index contributed by atoms with van der Waals surface area (Å²) >= 11 is 0. The smallest absolute Gasteiger partial charge is 0.271 e. The Morgan fingerprint density at radius 1 is 1.41 bits per heavy atom. The number of aryl methyl sites for hydroxylation is 1. The third kappa shape index (κ3) is 2.57. The lowest BCUT2D eigenvalue weighted by Crippen LogP contribution is -2.24. The number of carbonyl (C=O) groups is 1. The number of aromatic amines is 1. The molecule has 0 fully saturated rings. The monoisotopic (exact) mass is 232 g/mol. The van der Waals surface area contributed by atoms with Gasteiger partial charge in [0.15, 0.2) is 0 Å². The Morgan fingerprint density at radius 3 is 2.82 bits per heavy atom. The molecule has 7 heteroatoms. The van der Waals surface area contributed by atoms with E-state index in [1.807, 2.05) is 6.92 Å². The number of amides is 1. The van der Waals surface area contributed by atoms with Crippen molar-refractivity contribution in [1.82, 2.24) is 25.5 Å². The zero-order valence-corrected chi connectivity index (χ0v) is 9.27. The van der Waals surface area contributed by atoms with Crippen molar-refractivity contribution < 1.29 is 4.79 Å². The first kappa shape index (κ1) is 11.1. The van der Waals surface area contributed by atoms with Gasteiger partial charge in [0.25, 0.3) is 5.91 Å². The third-order valence-electron chi connectivity index (χ3n) is 2.28. The first-order valence-corrected chi connectivity index (χ1v) is 5.01. The van der Waals surface area contributed by atoms with Gasteiger partial charge in [-0.3, -0.25) is 9.89 Å². The molecule has 4 N–H and O–H groups in total. The number of nitrogens with zero attached hydrogens (tertiary/aromatic N) is 3. The second kappa shape index (κ2) is 4.60. The van der Waals surface area contributed by atoms with E-state index in [4.69, 9.17) is 5.73 Å². The van der Waals surface area contributed by atoms with Crippen LogP contribution in [0.25, 0.3) is 0 Å². The topological polar surface area (TPSA) is 110 Å². The number of aromatic nitrogens is 4. The average molecular weight is 232 g/mol. The first-order valence-electron chi connectivity index (χ1n) is 5.01. The quantitative estimate of drug-likeness (QED) is 0.691. The number of nitrogens with one attached hydrogen (secondary N) is 2. The number of hydrogen-bond donors (Lipinski definition) is 3. The molecule has 0 radical (unpaired) electrons. The lowest BCUT2D eigenvalue weighted by atomic mass is 10.2. The maximum absolute atomic E-state index is 11.7. The maximum atomic E-state index is 11.7. The van der Waals surface area contributed by atoms with Gasteiger partial charge in [0.05, 0.1) is 18.6 Å². The predicted molar refractivity (Wildman–Crippen MR) is 60.9 cm³/mol. The minimum atomic E-state index is -0.293. The van der Waals surface area contributed by atoms with E-state index >= 15 is 0 Å². The van der Waals surface area contributed by atoms with E-state index in [9.17, 15) is 4.79 Å². The van der Waals surface area contributed by atoms with Crippen molar-refractivity contribution in [2.75, 3.05) is 5.73 Å². The summed E-state index contributed by atoms with van der Waals surface area (Å²) in [7, 11) is 0. The van der Waals surface area contributed by atoms with Crippen LogP contribution in [0.3, 0.4) is 0 Å². The number of H-pyrrole nitrogens is 1. The molecule has 2 aromatic heterocycles. The van der Waals surface area contributed by atoms with Gasteiger partial charge in [-0.1, -0.05) is 0 Å². The van der Waals surface area contributed by atoms with Crippen LogP contribution in [-0.4, -0.2) is 26.1 Å². The number of carbonyl (C=O) groups excluding carboxylic acids is 1. The highest BCUT2D eigenvalue weighted by molar-refractivity contribution is 5.91. The molecule has 0 saturated heterocycles. The van der Waals surface area contributed by atoms with Crippen LogP contribution in [-0.2, 0) is 6.54 Å². The molecule has 0 spiro atoms. The second-order valence-electron chi connectivity index (χ2n) is 3.53. The molecular formula is C10H12N6O. The Kier molecular flexibility index (Phi) is 2.99. The van der Waals surface area contributed by atoms with Crippen molar-refractivity contribution in [3.05, 3.63) is 35.5 Å². The second-order valence-corrected chi connectivity index (χ2v) is 3.53. The number of nitrogen functional groups attached to an aromatic ring is 1. The molecule has 17 heavy (non-hydrogen) atoms. The SMILES string of the molecule is Cc1[nH]ncc1CNC(=O)c1cnc(N)cn1. The summed E-state index contributed by atoms with van der Waals surface area (Å²) < 4.78 is 0. The zero-order valence-electron chi connectivity index (χ0n) is 9.27. The van der Waals surface area contributed by atoms with E-state index in [1.54, 1.807) is 6.20 Å². The van der Waals surface area contributed by atoms with Crippen LogP contribution in [0.15, 0.2) is 18.6 Å². The van der Waals surface area contributed by atoms with Gasteiger partial charge in [-0.15, -0.1) is 0 Å². The largest absolute Gasteiger partial charge is 0.382 e. The van der Waals surface area contributed by atoms with Crippen LogP contribution >= 0.6 is 0 Å². The Hall–Kier alpha value is -2.44. The Bertz CT molecular complexity index is 518. The minimum Gasteiger partial charge on any atom is -0.382 e. The van der Waals surface area contributed by atoms with Gasteiger partial charge in [0, 0.05) is 17.8 Å². The van der Waals surface area contributed by atoms with Crippen LogP contribution < -0.4 is 11.1 Å². The summed E-state index contributed by atoms with van der Waals surface area (Å²) in [6.07, 6.45) is 4.36. The lowest BCUT2D eigenvalue weighted by Gasteiger charge is -2.03. The molecule has 7 nitrogen and oxygen atoms in total. The van der Waals surface area contributed by atoms with E-state index in [-0.39, 0.29) is 17.4 Å². The highest BCUT2D eigenvalue weighted by Crippen LogP contribution is 2.02. The molecule has 0 unspecified atom stereocenters. The summed E-state index contributed by atoms with van der Waals surface area (Å²) in [5.74, 6) is -0.00895. The summed E-state index contributed by atoms with van der Waals surface area (Å²) in [5.41, 5.74) is 7.47. The van der Waals surface area contributed by atoms with Crippen LogP contribution in [0.4, 0.5) is 5.82 Å². The standard InChI is InChI=1S/C10H12N6O/c1-6-7(3-15-16-6)2-14-10(17)8-4-13-9(11)5-12-8/h3-5H,2H2,1H3,(H2,11,13)(H,14,17)(H,15,16). The number of hydrogen-bond acceptors (Lipinski definition) is 5. The molecule has 2 heterocycles. The van der Waals surface area contributed by atoms with Crippen LogP contribution in [0, 0.1) is 6.92 Å². The third-order valence-corrected chi connectivity index (χ3v) is 2.28. The molecule has 0 saturated carbocycles. The Labute approximate surface area is 97.5 Å². The molecular weight excluding hydrogens is 220 g/mol. The molecule has 0 aromatic carbocycles. The van der Waals surface area contributed by atoms with Crippen molar-refractivity contribution in [1.29, 1.82) is 0 Å². The highest BCUT2D eigenvalue weighted by Gasteiger charge is 2.08.